The molecule has 0 radical (unpaired) electrons. The molecule has 1 aliphatic heterocycles. The molecule has 3 aromatic rings. The molecule has 0 bridgehead atoms. The fourth-order valence-corrected chi connectivity index (χ4v) is 3.54. The number of rotatable bonds is 3. The highest BCUT2D eigenvalue weighted by molar-refractivity contribution is 7.13. The summed E-state index contributed by atoms with van der Waals surface area (Å²) in [6.07, 6.45) is 0.280. The predicted molar refractivity (Wildman–Crippen MR) is 88.5 cm³/mol. The second kappa shape index (κ2) is 5.83. The van der Waals surface area contributed by atoms with Gasteiger partial charge in [0.05, 0.1) is 10.8 Å². The van der Waals surface area contributed by atoms with Crippen molar-refractivity contribution in [2.45, 2.75) is 19.3 Å². The molecule has 2 aromatic heterocycles. The quantitative estimate of drug-likeness (QED) is 0.726. The molecule has 1 unspecified atom stereocenters. The zero-order valence-corrected chi connectivity index (χ0v) is 13.7. The van der Waals surface area contributed by atoms with E-state index in [1.807, 2.05) is 24.4 Å². The van der Waals surface area contributed by atoms with Crippen molar-refractivity contribution in [3.63, 3.8) is 0 Å². The van der Waals surface area contributed by atoms with Crippen LogP contribution in [0.25, 0.3) is 10.7 Å². The van der Waals surface area contributed by atoms with Gasteiger partial charge in [-0.15, -0.1) is 11.3 Å². The van der Waals surface area contributed by atoms with E-state index in [2.05, 4.69) is 10.1 Å². The van der Waals surface area contributed by atoms with E-state index in [4.69, 9.17) is 4.52 Å². The van der Waals surface area contributed by atoms with Gasteiger partial charge in [0.15, 0.2) is 0 Å². The number of benzene rings is 1. The molecule has 1 fully saturated rings. The Morgan fingerprint density at radius 3 is 3.04 bits per heavy atom. The van der Waals surface area contributed by atoms with Gasteiger partial charge >= 0.3 is 0 Å². The summed E-state index contributed by atoms with van der Waals surface area (Å²) in [4.78, 5) is 19.3. The lowest BCUT2D eigenvalue weighted by Crippen LogP contribution is -2.25. The van der Waals surface area contributed by atoms with Gasteiger partial charge in [-0.25, -0.2) is 4.39 Å². The lowest BCUT2D eigenvalue weighted by molar-refractivity contribution is -0.117. The number of carbonyl (C=O) groups is 1. The van der Waals surface area contributed by atoms with Crippen LogP contribution in [-0.4, -0.2) is 22.6 Å². The molecule has 1 amide bonds. The molecule has 1 saturated heterocycles. The summed E-state index contributed by atoms with van der Waals surface area (Å²) in [7, 11) is 0. The van der Waals surface area contributed by atoms with Crippen LogP contribution in [0.2, 0.25) is 0 Å². The maximum atomic E-state index is 13.5. The van der Waals surface area contributed by atoms with E-state index in [9.17, 15) is 9.18 Å². The largest absolute Gasteiger partial charge is 0.339 e. The van der Waals surface area contributed by atoms with Gasteiger partial charge in [0.2, 0.25) is 17.6 Å². The molecular formula is C17H14FN3O2S. The molecule has 0 saturated carbocycles. The Bertz CT molecular complexity index is 891. The maximum absolute atomic E-state index is 13.5. The normalized spacial score (nSPS) is 17.7. The van der Waals surface area contributed by atoms with Crippen molar-refractivity contribution in [2.75, 3.05) is 11.4 Å². The number of anilines is 1. The minimum absolute atomic E-state index is 0.0652. The molecule has 4 rings (SSSR count). The Balaban J connectivity index is 1.59. The van der Waals surface area contributed by atoms with Gasteiger partial charge in [0.1, 0.15) is 5.82 Å². The minimum Gasteiger partial charge on any atom is -0.339 e. The lowest BCUT2D eigenvalue weighted by Gasteiger charge is -2.18. The SMILES string of the molecule is Cc1ccc(F)cc1N1CC(c2nc(-c3cccs3)no2)CC1=O. The number of halogens is 1. The zero-order chi connectivity index (χ0) is 16.7. The van der Waals surface area contributed by atoms with E-state index in [0.29, 0.717) is 23.9 Å². The third-order valence-electron chi connectivity index (χ3n) is 4.12. The number of nitrogens with zero attached hydrogens (tertiary/aromatic N) is 3. The molecule has 5 nitrogen and oxygen atoms in total. The Morgan fingerprint density at radius 1 is 1.38 bits per heavy atom. The number of thiophene rings is 1. The fraction of sp³-hybridized carbons (Fsp3) is 0.235. The number of aryl methyl sites for hydroxylation is 1. The smallest absolute Gasteiger partial charge is 0.232 e. The zero-order valence-electron chi connectivity index (χ0n) is 12.9. The van der Waals surface area contributed by atoms with Crippen LogP contribution in [0.15, 0.2) is 40.2 Å². The summed E-state index contributed by atoms with van der Waals surface area (Å²) < 4.78 is 18.9. The van der Waals surface area contributed by atoms with Crippen molar-refractivity contribution in [3.8, 4) is 10.7 Å². The Kier molecular flexibility index (Phi) is 3.65. The van der Waals surface area contributed by atoms with Crippen molar-refractivity contribution in [3.05, 3.63) is 53.0 Å². The highest BCUT2D eigenvalue weighted by Gasteiger charge is 2.35. The van der Waals surface area contributed by atoms with Gasteiger partial charge in [0.25, 0.3) is 0 Å². The van der Waals surface area contributed by atoms with Crippen molar-refractivity contribution < 1.29 is 13.7 Å². The third-order valence-corrected chi connectivity index (χ3v) is 4.99. The van der Waals surface area contributed by atoms with Crippen LogP contribution in [0.5, 0.6) is 0 Å². The highest BCUT2D eigenvalue weighted by atomic mass is 32.1. The maximum Gasteiger partial charge on any atom is 0.232 e. The Hall–Kier alpha value is -2.54. The van der Waals surface area contributed by atoms with Gasteiger partial charge in [-0.05, 0) is 36.1 Å². The summed E-state index contributed by atoms with van der Waals surface area (Å²) in [6.45, 7) is 2.27. The van der Waals surface area contributed by atoms with E-state index in [1.165, 1.54) is 23.5 Å². The summed E-state index contributed by atoms with van der Waals surface area (Å²) >= 11 is 1.53. The molecule has 7 heteroatoms. The van der Waals surface area contributed by atoms with Crippen molar-refractivity contribution in [1.29, 1.82) is 0 Å². The van der Waals surface area contributed by atoms with E-state index >= 15 is 0 Å². The molecular weight excluding hydrogens is 329 g/mol. The fourth-order valence-electron chi connectivity index (χ4n) is 2.89. The van der Waals surface area contributed by atoms with Gasteiger partial charge in [0, 0.05) is 18.7 Å². The molecule has 24 heavy (non-hydrogen) atoms. The molecule has 1 atom stereocenters. The van der Waals surface area contributed by atoms with Crippen molar-refractivity contribution in [2.24, 2.45) is 0 Å². The Morgan fingerprint density at radius 2 is 2.25 bits per heavy atom. The number of hydrogen-bond donors (Lipinski definition) is 0. The summed E-state index contributed by atoms with van der Waals surface area (Å²) in [6, 6.07) is 8.29. The number of aromatic nitrogens is 2. The number of carbonyl (C=O) groups excluding carboxylic acids is 1. The first kappa shape index (κ1) is 15.0. The Labute approximate surface area is 141 Å². The molecule has 3 heterocycles. The first-order chi connectivity index (χ1) is 11.6. The molecule has 0 aliphatic carbocycles. The second-order valence-corrected chi connectivity index (χ2v) is 6.72. The van der Waals surface area contributed by atoms with Gasteiger partial charge in [-0.3, -0.25) is 4.79 Å². The first-order valence-electron chi connectivity index (χ1n) is 7.56. The van der Waals surface area contributed by atoms with Crippen molar-refractivity contribution >= 4 is 22.9 Å². The van der Waals surface area contributed by atoms with Crippen LogP contribution < -0.4 is 4.90 Å². The van der Waals surface area contributed by atoms with Crippen LogP contribution in [0, 0.1) is 12.7 Å². The number of amides is 1. The standard InChI is InChI=1S/C17H14FN3O2S/c1-10-4-5-12(18)8-13(10)21-9-11(7-15(21)22)17-19-16(20-23-17)14-3-2-6-24-14/h2-6,8,11H,7,9H2,1H3. The van der Waals surface area contributed by atoms with E-state index in [1.54, 1.807) is 11.0 Å². The highest BCUT2D eigenvalue weighted by Crippen LogP contribution is 2.34. The van der Waals surface area contributed by atoms with Gasteiger partial charge in [-0.2, -0.15) is 4.98 Å². The molecule has 122 valence electrons. The average molecular weight is 343 g/mol. The molecule has 1 aliphatic rings. The minimum atomic E-state index is -0.357. The third kappa shape index (κ3) is 2.60. The number of hydrogen-bond acceptors (Lipinski definition) is 5. The van der Waals surface area contributed by atoms with Crippen molar-refractivity contribution in [1.82, 2.24) is 10.1 Å². The topological polar surface area (TPSA) is 59.2 Å². The second-order valence-electron chi connectivity index (χ2n) is 5.77. The van der Waals surface area contributed by atoms with Crippen LogP contribution in [0.4, 0.5) is 10.1 Å². The van der Waals surface area contributed by atoms with Crippen LogP contribution in [0.3, 0.4) is 0 Å². The lowest BCUT2D eigenvalue weighted by atomic mass is 10.1. The van der Waals surface area contributed by atoms with E-state index in [0.717, 1.165) is 10.4 Å². The summed E-state index contributed by atoms with van der Waals surface area (Å²) in [5, 5.41) is 5.94. The summed E-state index contributed by atoms with van der Waals surface area (Å²) in [5.74, 6) is 0.381. The summed E-state index contributed by atoms with van der Waals surface area (Å²) in [5.41, 5.74) is 1.45. The monoisotopic (exact) mass is 343 g/mol. The molecule has 0 N–H and O–H groups in total. The van der Waals surface area contributed by atoms with Crippen LogP contribution >= 0.6 is 11.3 Å². The van der Waals surface area contributed by atoms with Gasteiger partial charge < -0.3 is 9.42 Å². The van der Waals surface area contributed by atoms with Crippen LogP contribution in [0.1, 0.15) is 23.8 Å². The average Bonchev–Trinajstić information content (AvgIpc) is 3.28. The van der Waals surface area contributed by atoms with Gasteiger partial charge in [-0.1, -0.05) is 17.3 Å². The first-order valence-corrected chi connectivity index (χ1v) is 8.44. The predicted octanol–water partition coefficient (Wildman–Crippen LogP) is 3.77. The van der Waals surface area contributed by atoms with E-state index < -0.39 is 0 Å². The molecule has 0 spiro atoms. The van der Waals surface area contributed by atoms with Crippen LogP contribution in [-0.2, 0) is 4.79 Å². The van der Waals surface area contributed by atoms with E-state index in [-0.39, 0.29) is 24.1 Å². The molecule has 1 aromatic carbocycles.